The largest absolute Gasteiger partial charge is 0.497 e. The van der Waals surface area contributed by atoms with Crippen molar-refractivity contribution in [3.63, 3.8) is 0 Å². The zero-order valence-corrected chi connectivity index (χ0v) is 13.0. The van der Waals surface area contributed by atoms with Crippen LogP contribution < -0.4 is 10.3 Å². The second kappa shape index (κ2) is 5.69. The number of methoxy groups -OCH3 is 1. The molecule has 0 bridgehead atoms. The average molecular weight is 345 g/mol. The summed E-state index contributed by atoms with van der Waals surface area (Å²) < 4.78 is 7.65. The fourth-order valence-corrected chi connectivity index (χ4v) is 2.52. The van der Waals surface area contributed by atoms with Crippen LogP contribution in [0.25, 0.3) is 10.9 Å². The van der Waals surface area contributed by atoms with Crippen LogP contribution in [0.1, 0.15) is 5.56 Å². The molecule has 5 heteroatoms. The molecule has 0 saturated carbocycles. The number of halogens is 1. The highest BCUT2D eigenvalue weighted by atomic mass is 79.9. The van der Waals surface area contributed by atoms with Crippen molar-refractivity contribution >= 4 is 26.8 Å². The van der Waals surface area contributed by atoms with Crippen molar-refractivity contribution in [3.05, 3.63) is 69.2 Å². The van der Waals surface area contributed by atoms with Gasteiger partial charge in [-0.05, 0) is 35.9 Å². The van der Waals surface area contributed by atoms with E-state index >= 15 is 0 Å². The van der Waals surface area contributed by atoms with Crippen molar-refractivity contribution < 1.29 is 4.74 Å². The Morgan fingerprint density at radius 2 is 1.95 bits per heavy atom. The van der Waals surface area contributed by atoms with E-state index in [4.69, 9.17) is 4.74 Å². The zero-order chi connectivity index (χ0) is 14.8. The highest BCUT2D eigenvalue weighted by Gasteiger charge is 2.05. The molecule has 0 atom stereocenters. The monoisotopic (exact) mass is 344 g/mol. The van der Waals surface area contributed by atoms with Crippen molar-refractivity contribution in [1.29, 1.82) is 0 Å². The lowest BCUT2D eigenvalue weighted by Crippen LogP contribution is -2.21. The summed E-state index contributed by atoms with van der Waals surface area (Å²) in [5.41, 5.74) is 1.68. The van der Waals surface area contributed by atoms with Crippen LogP contribution in [0.3, 0.4) is 0 Å². The van der Waals surface area contributed by atoms with Crippen LogP contribution in [0.2, 0.25) is 0 Å². The van der Waals surface area contributed by atoms with Gasteiger partial charge in [0.2, 0.25) is 0 Å². The summed E-state index contributed by atoms with van der Waals surface area (Å²) in [6.07, 6.45) is 1.58. The molecule has 21 heavy (non-hydrogen) atoms. The minimum absolute atomic E-state index is 0.0386. The molecule has 0 aliphatic rings. The van der Waals surface area contributed by atoms with Crippen LogP contribution in [-0.2, 0) is 6.54 Å². The predicted molar refractivity (Wildman–Crippen MR) is 85.8 cm³/mol. The summed E-state index contributed by atoms with van der Waals surface area (Å²) in [7, 11) is 1.63. The Morgan fingerprint density at radius 3 is 2.67 bits per heavy atom. The number of hydrogen-bond acceptors (Lipinski definition) is 3. The van der Waals surface area contributed by atoms with Crippen molar-refractivity contribution in [2.45, 2.75) is 6.54 Å². The van der Waals surface area contributed by atoms with E-state index in [0.29, 0.717) is 17.4 Å². The number of benzene rings is 2. The van der Waals surface area contributed by atoms with Gasteiger partial charge >= 0.3 is 0 Å². The first-order valence-electron chi connectivity index (χ1n) is 6.45. The SMILES string of the molecule is COc1ccc(Cn2cnc3cc(Br)ccc3c2=O)cc1. The van der Waals surface area contributed by atoms with E-state index in [-0.39, 0.29) is 5.56 Å². The van der Waals surface area contributed by atoms with Gasteiger partial charge in [-0.3, -0.25) is 9.36 Å². The quantitative estimate of drug-likeness (QED) is 0.732. The van der Waals surface area contributed by atoms with Crippen molar-refractivity contribution in [1.82, 2.24) is 9.55 Å². The molecule has 0 radical (unpaired) electrons. The summed E-state index contributed by atoms with van der Waals surface area (Å²) in [6, 6.07) is 13.1. The number of fused-ring (bicyclic) bond motifs is 1. The molecule has 0 amide bonds. The molecule has 0 aliphatic carbocycles. The lowest BCUT2D eigenvalue weighted by atomic mass is 10.2. The number of ether oxygens (including phenoxy) is 1. The molecule has 0 unspecified atom stereocenters. The topological polar surface area (TPSA) is 44.1 Å². The van der Waals surface area contributed by atoms with Crippen molar-refractivity contribution in [2.24, 2.45) is 0 Å². The third-order valence-electron chi connectivity index (χ3n) is 3.30. The van der Waals surface area contributed by atoms with Gasteiger partial charge in [0.05, 0.1) is 30.9 Å². The maximum absolute atomic E-state index is 12.5. The molecule has 0 N–H and O–H groups in total. The Balaban J connectivity index is 1.98. The summed E-state index contributed by atoms with van der Waals surface area (Å²) in [4.78, 5) is 16.8. The van der Waals surface area contributed by atoms with E-state index in [1.54, 1.807) is 24.1 Å². The van der Waals surface area contributed by atoms with Gasteiger partial charge in [0.25, 0.3) is 5.56 Å². The number of rotatable bonds is 3. The first-order valence-corrected chi connectivity index (χ1v) is 7.24. The van der Waals surface area contributed by atoms with E-state index in [1.165, 1.54) is 0 Å². The van der Waals surface area contributed by atoms with Crippen LogP contribution in [-0.4, -0.2) is 16.7 Å². The van der Waals surface area contributed by atoms with Gasteiger partial charge in [-0.1, -0.05) is 28.1 Å². The fraction of sp³-hybridized carbons (Fsp3) is 0.125. The van der Waals surface area contributed by atoms with Crippen LogP contribution >= 0.6 is 15.9 Å². The Kier molecular flexibility index (Phi) is 3.75. The predicted octanol–water partition coefficient (Wildman–Crippen LogP) is 3.22. The Labute approximate surface area is 130 Å². The van der Waals surface area contributed by atoms with Gasteiger partial charge in [-0.15, -0.1) is 0 Å². The smallest absolute Gasteiger partial charge is 0.261 e. The molecule has 0 saturated heterocycles. The Morgan fingerprint density at radius 1 is 1.19 bits per heavy atom. The van der Waals surface area contributed by atoms with E-state index in [0.717, 1.165) is 15.8 Å². The fourth-order valence-electron chi connectivity index (χ4n) is 2.17. The van der Waals surface area contributed by atoms with Crippen molar-refractivity contribution in [2.75, 3.05) is 7.11 Å². The van der Waals surface area contributed by atoms with Gasteiger partial charge in [0, 0.05) is 4.47 Å². The summed E-state index contributed by atoms with van der Waals surface area (Å²) in [5, 5.41) is 0.620. The highest BCUT2D eigenvalue weighted by molar-refractivity contribution is 9.10. The Bertz CT molecular complexity index is 841. The van der Waals surface area contributed by atoms with E-state index in [2.05, 4.69) is 20.9 Å². The second-order valence-electron chi connectivity index (χ2n) is 4.69. The van der Waals surface area contributed by atoms with E-state index in [1.807, 2.05) is 36.4 Å². The third kappa shape index (κ3) is 2.83. The zero-order valence-electron chi connectivity index (χ0n) is 11.4. The molecule has 2 aromatic carbocycles. The lowest BCUT2D eigenvalue weighted by molar-refractivity contribution is 0.414. The van der Waals surface area contributed by atoms with Crippen LogP contribution in [0, 0.1) is 0 Å². The van der Waals surface area contributed by atoms with E-state index in [9.17, 15) is 4.79 Å². The molecule has 0 fully saturated rings. The minimum Gasteiger partial charge on any atom is -0.497 e. The van der Waals surface area contributed by atoms with Gasteiger partial charge in [0.1, 0.15) is 5.75 Å². The molecule has 0 spiro atoms. The molecular weight excluding hydrogens is 332 g/mol. The molecule has 106 valence electrons. The second-order valence-corrected chi connectivity index (χ2v) is 5.60. The average Bonchev–Trinajstić information content (AvgIpc) is 2.51. The molecular formula is C16H13BrN2O2. The lowest BCUT2D eigenvalue weighted by Gasteiger charge is -2.07. The summed E-state index contributed by atoms with van der Waals surface area (Å²) >= 11 is 3.38. The first kappa shape index (κ1) is 13.8. The van der Waals surface area contributed by atoms with Gasteiger partial charge < -0.3 is 4.74 Å². The highest BCUT2D eigenvalue weighted by Crippen LogP contribution is 2.16. The number of aromatic nitrogens is 2. The molecule has 0 aliphatic heterocycles. The third-order valence-corrected chi connectivity index (χ3v) is 3.79. The van der Waals surface area contributed by atoms with Crippen LogP contribution in [0.5, 0.6) is 5.75 Å². The van der Waals surface area contributed by atoms with Crippen LogP contribution in [0.15, 0.2) is 58.1 Å². The van der Waals surface area contributed by atoms with Crippen LogP contribution in [0.4, 0.5) is 0 Å². The maximum atomic E-state index is 12.5. The standard InChI is InChI=1S/C16H13BrN2O2/c1-21-13-5-2-11(3-6-13)9-19-10-18-15-8-12(17)4-7-14(15)16(19)20/h2-8,10H,9H2,1H3. The Hall–Kier alpha value is -2.14. The molecule has 1 heterocycles. The van der Waals surface area contributed by atoms with Crippen molar-refractivity contribution in [3.8, 4) is 5.75 Å². The number of hydrogen-bond donors (Lipinski definition) is 0. The first-order chi connectivity index (χ1) is 10.2. The minimum atomic E-state index is -0.0386. The maximum Gasteiger partial charge on any atom is 0.261 e. The van der Waals surface area contributed by atoms with Gasteiger partial charge in [-0.2, -0.15) is 0 Å². The van der Waals surface area contributed by atoms with Gasteiger partial charge in [0.15, 0.2) is 0 Å². The van der Waals surface area contributed by atoms with Gasteiger partial charge in [-0.25, -0.2) is 4.98 Å². The number of nitrogens with zero attached hydrogens (tertiary/aromatic N) is 2. The molecule has 1 aromatic heterocycles. The summed E-state index contributed by atoms with van der Waals surface area (Å²) in [5.74, 6) is 0.799. The molecule has 4 nitrogen and oxygen atoms in total. The normalized spacial score (nSPS) is 10.8. The van der Waals surface area contributed by atoms with E-state index < -0.39 is 0 Å². The molecule has 3 rings (SSSR count). The molecule has 3 aromatic rings. The summed E-state index contributed by atoms with van der Waals surface area (Å²) in [6.45, 7) is 0.488.